The molecule has 20 heavy (non-hydrogen) atoms. The molecule has 1 heterocycles. The third kappa shape index (κ3) is 3.10. The zero-order valence-corrected chi connectivity index (χ0v) is 11.9. The van der Waals surface area contributed by atoms with Gasteiger partial charge in [0.25, 0.3) is 0 Å². The molecule has 1 aliphatic rings. The number of rotatable bonds is 4. The fourth-order valence-electron chi connectivity index (χ4n) is 2.43. The number of amides is 2. The SMILES string of the molecule is CCN(C(=O)N1CC(CC(=O)O)C1)c1ccc(C)cc1. The van der Waals surface area contributed by atoms with Gasteiger partial charge in [-0.3, -0.25) is 9.69 Å². The van der Waals surface area contributed by atoms with Crippen molar-refractivity contribution in [2.24, 2.45) is 5.92 Å². The summed E-state index contributed by atoms with van der Waals surface area (Å²) < 4.78 is 0. The van der Waals surface area contributed by atoms with E-state index in [9.17, 15) is 9.59 Å². The first kappa shape index (κ1) is 14.4. The van der Waals surface area contributed by atoms with Crippen molar-refractivity contribution in [3.8, 4) is 0 Å². The van der Waals surface area contributed by atoms with E-state index in [4.69, 9.17) is 5.11 Å². The Hall–Kier alpha value is -2.04. The lowest BCUT2D eigenvalue weighted by Gasteiger charge is -2.41. The van der Waals surface area contributed by atoms with Gasteiger partial charge in [-0.25, -0.2) is 4.79 Å². The lowest BCUT2D eigenvalue weighted by molar-refractivity contribution is -0.139. The molecule has 0 aromatic heterocycles. The topological polar surface area (TPSA) is 60.9 Å². The Kier molecular flexibility index (Phi) is 4.27. The molecule has 1 aromatic carbocycles. The number of aryl methyl sites for hydroxylation is 1. The fourth-order valence-corrected chi connectivity index (χ4v) is 2.43. The summed E-state index contributed by atoms with van der Waals surface area (Å²) in [6, 6.07) is 7.79. The Labute approximate surface area is 118 Å². The van der Waals surface area contributed by atoms with E-state index in [0.29, 0.717) is 19.6 Å². The van der Waals surface area contributed by atoms with Crippen LogP contribution in [-0.2, 0) is 4.79 Å². The quantitative estimate of drug-likeness (QED) is 0.918. The number of hydrogen-bond acceptors (Lipinski definition) is 2. The second kappa shape index (κ2) is 5.94. The monoisotopic (exact) mass is 276 g/mol. The fraction of sp³-hybridized carbons (Fsp3) is 0.467. The molecule has 0 radical (unpaired) electrons. The maximum Gasteiger partial charge on any atom is 0.324 e. The average Bonchev–Trinajstić information content (AvgIpc) is 2.36. The van der Waals surface area contributed by atoms with Gasteiger partial charge in [0.15, 0.2) is 0 Å². The number of nitrogens with zero attached hydrogens (tertiary/aromatic N) is 2. The van der Waals surface area contributed by atoms with Gasteiger partial charge in [-0.2, -0.15) is 0 Å². The molecule has 2 amide bonds. The van der Waals surface area contributed by atoms with Crippen molar-refractivity contribution in [3.05, 3.63) is 29.8 Å². The van der Waals surface area contributed by atoms with Crippen LogP contribution in [0.5, 0.6) is 0 Å². The number of carbonyl (C=O) groups is 2. The molecule has 1 aliphatic heterocycles. The number of hydrogen-bond donors (Lipinski definition) is 1. The predicted molar refractivity (Wildman–Crippen MR) is 76.9 cm³/mol. The van der Waals surface area contributed by atoms with Crippen LogP contribution in [0.1, 0.15) is 18.9 Å². The molecule has 0 bridgehead atoms. The lowest BCUT2D eigenvalue weighted by Crippen LogP contribution is -2.55. The van der Waals surface area contributed by atoms with Crippen molar-refractivity contribution >= 4 is 17.7 Å². The van der Waals surface area contributed by atoms with Gasteiger partial charge in [0, 0.05) is 31.2 Å². The van der Waals surface area contributed by atoms with Crippen molar-refractivity contribution < 1.29 is 14.7 Å². The molecule has 5 nitrogen and oxygen atoms in total. The molecule has 0 saturated carbocycles. The second-order valence-corrected chi connectivity index (χ2v) is 5.23. The Morgan fingerprint density at radius 2 is 1.90 bits per heavy atom. The third-order valence-electron chi connectivity index (χ3n) is 3.58. The van der Waals surface area contributed by atoms with Gasteiger partial charge in [0.1, 0.15) is 0 Å². The van der Waals surface area contributed by atoms with Gasteiger partial charge in [-0.05, 0) is 26.0 Å². The Morgan fingerprint density at radius 3 is 2.40 bits per heavy atom. The first-order valence-corrected chi connectivity index (χ1v) is 6.86. The minimum Gasteiger partial charge on any atom is -0.481 e. The van der Waals surface area contributed by atoms with Crippen LogP contribution in [0.25, 0.3) is 0 Å². The normalized spacial score (nSPS) is 14.8. The van der Waals surface area contributed by atoms with Crippen LogP contribution in [0.4, 0.5) is 10.5 Å². The molecule has 2 rings (SSSR count). The van der Waals surface area contributed by atoms with Crippen LogP contribution in [-0.4, -0.2) is 41.6 Å². The summed E-state index contributed by atoms with van der Waals surface area (Å²) in [7, 11) is 0. The first-order chi connectivity index (χ1) is 9.51. The van der Waals surface area contributed by atoms with E-state index in [-0.39, 0.29) is 18.4 Å². The zero-order chi connectivity index (χ0) is 14.7. The Balaban J connectivity index is 1.97. The highest BCUT2D eigenvalue weighted by atomic mass is 16.4. The van der Waals surface area contributed by atoms with Crippen molar-refractivity contribution in [3.63, 3.8) is 0 Å². The summed E-state index contributed by atoms with van der Waals surface area (Å²) in [4.78, 5) is 26.4. The summed E-state index contributed by atoms with van der Waals surface area (Å²) in [6.07, 6.45) is 0.139. The van der Waals surface area contributed by atoms with E-state index in [1.807, 2.05) is 38.1 Å². The highest BCUT2D eigenvalue weighted by Gasteiger charge is 2.34. The largest absolute Gasteiger partial charge is 0.481 e. The van der Waals surface area contributed by atoms with Gasteiger partial charge >= 0.3 is 12.0 Å². The number of carbonyl (C=O) groups excluding carboxylic acids is 1. The summed E-state index contributed by atoms with van der Waals surface area (Å²) in [6.45, 7) is 5.61. The summed E-state index contributed by atoms with van der Waals surface area (Å²) in [5, 5.41) is 8.72. The third-order valence-corrected chi connectivity index (χ3v) is 3.58. The molecule has 1 N–H and O–H groups in total. The molecular formula is C15H20N2O3. The summed E-state index contributed by atoms with van der Waals surface area (Å²) in [5.41, 5.74) is 2.03. The number of carboxylic acid groups (broad SMARTS) is 1. The lowest BCUT2D eigenvalue weighted by atomic mass is 9.97. The zero-order valence-electron chi connectivity index (χ0n) is 11.9. The van der Waals surface area contributed by atoms with Crippen LogP contribution < -0.4 is 4.90 Å². The number of likely N-dealkylation sites (tertiary alicyclic amines) is 1. The van der Waals surface area contributed by atoms with Gasteiger partial charge in [-0.1, -0.05) is 17.7 Å². The predicted octanol–water partition coefficient (Wildman–Crippen LogP) is 2.35. The van der Waals surface area contributed by atoms with Crippen LogP contribution in [0.15, 0.2) is 24.3 Å². The van der Waals surface area contributed by atoms with E-state index < -0.39 is 5.97 Å². The molecule has 1 fully saturated rings. The number of urea groups is 1. The molecule has 0 unspecified atom stereocenters. The van der Waals surface area contributed by atoms with Gasteiger partial charge in [-0.15, -0.1) is 0 Å². The molecule has 0 spiro atoms. The van der Waals surface area contributed by atoms with Gasteiger partial charge in [0.05, 0.1) is 6.42 Å². The van der Waals surface area contributed by atoms with Crippen LogP contribution in [0.3, 0.4) is 0 Å². The van der Waals surface area contributed by atoms with E-state index >= 15 is 0 Å². The maximum atomic E-state index is 12.4. The maximum absolute atomic E-state index is 12.4. The Morgan fingerprint density at radius 1 is 1.30 bits per heavy atom. The number of benzene rings is 1. The Bertz CT molecular complexity index is 492. The number of aliphatic carboxylic acids is 1. The smallest absolute Gasteiger partial charge is 0.324 e. The van der Waals surface area contributed by atoms with E-state index in [2.05, 4.69) is 0 Å². The molecule has 0 atom stereocenters. The van der Waals surface area contributed by atoms with Crippen LogP contribution in [0.2, 0.25) is 0 Å². The minimum atomic E-state index is -0.798. The van der Waals surface area contributed by atoms with Crippen molar-refractivity contribution in [1.82, 2.24) is 4.90 Å². The molecule has 5 heteroatoms. The van der Waals surface area contributed by atoms with Gasteiger partial charge in [0.2, 0.25) is 0 Å². The highest BCUT2D eigenvalue weighted by molar-refractivity contribution is 5.92. The average molecular weight is 276 g/mol. The van der Waals surface area contributed by atoms with Crippen molar-refractivity contribution in [2.75, 3.05) is 24.5 Å². The standard InChI is InChI=1S/C15H20N2O3/c1-3-17(13-6-4-11(2)5-7-13)15(20)16-9-12(10-16)8-14(18)19/h4-7,12H,3,8-10H2,1-2H3,(H,18,19). The molecule has 1 saturated heterocycles. The van der Waals surface area contributed by atoms with Gasteiger partial charge < -0.3 is 10.0 Å². The summed E-state index contributed by atoms with van der Waals surface area (Å²) in [5.74, 6) is -0.707. The van der Waals surface area contributed by atoms with Crippen LogP contribution >= 0.6 is 0 Å². The van der Waals surface area contributed by atoms with Crippen LogP contribution in [0, 0.1) is 12.8 Å². The number of carboxylic acids is 1. The van der Waals surface area contributed by atoms with Crippen molar-refractivity contribution in [2.45, 2.75) is 20.3 Å². The van der Waals surface area contributed by atoms with Crippen molar-refractivity contribution in [1.29, 1.82) is 0 Å². The van der Waals surface area contributed by atoms with E-state index in [1.54, 1.807) is 9.80 Å². The van der Waals surface area contributed by atoms with E-state index in [0.717, 1.165) is 11.3 Å². The molecule has 1 aromatic rings. The van der Waals surface area contributed by atoms with E-state index in [1.165, 1.54) is 0 Å². The summed E-state index contributed by atoms with van der Waals surface area (Å²) >= 11 is 0. The molecular weight excluding hydrogens is 256 g/mol. The second-order valence-electron chi connectivity index (χ2n) is 5.23. The first-order valence-electron chi connectivity index (χ1n) is 6.86. The highest BCUT2D eigenvalue weighted by Crippen LogP contribution is 2.23. The molecule has 0 aliphatic carbocycles. The molecule has 108 valence electrons. The number of anilines is 1. The minimum absolute atomic E-state index is 0.0435.